The Morgan fingerprint density at radius 1 is 0.556 bits per heavy atom. The minimum absolute atomic E-state index is 0. The first-order valence-electron chi connectivity index (χ1n) is 4.01. The largest absolute Gasteiger partial charge is 0.559 e. The van der Waals surface area contributed by atoms with E-state index in [1.807, 2.05) is 0 Å². The zero-order chi connectivity index (χ0) is 9.97. The molecule has 2 aromatic rings. The van der Waals surface area contributed by atoms with Crippen LogP contribution in [0.5, 0.6) is 11.5 Å². The summed E-state index contributed by atoms with van der Waals surface area (Å²) < 4.78 is 0. The molecular weight excluding hydrogens is 532 g/mol. The van der Waals surface area contributed by atoms with Crippen molar-refractivity contribution in [2.75, 3.05) is 0 Å². The second kappa shape index (κ2) is 13.1. The quantitative estimate of drug-likeness (QED) is 0.546. The van der Waals surface area contributed by atoms with Crippen LogP contribution in [0.2, 0.25) is 0 Å². The van der Waals surface area contributed by atoms with Crippen LogP contribution >= 0.6 is 0 Å². The van der Waals surface area contributed by atoms with Gasteiger partial charge in [-0.05, 0) is 0 Å². The van der Waals surface area contributed by atoms with Crippen molar-refractivity contribution in [3.8, 4) is 22.6 Å². The smallest absolute Gasteiger partial charge is 0 e. The molecule has 0 spiro atoms. The molecule has 0 unspecified atom stereocenters. The third-order valence-electron chi connectivity index (χ3n) is 1.79. The van der Waals surface area contributed by atoms with E-state index in [-0.39, 0.29) is 142 Å². The Labute approximate surface area is 208 Å². The van der Waals surface area contributed by atoms with Crippen molar-refractivity contribution in [3.63, 3.8) is 0 Å². The summed E-state index contributed by atoms with van der Waals surface area (Å²) in [5.74, 6) is -0.0269. The SMILES string of the molecule is Oc1[c-]cc(-c2c[c-]c(O)[c-]c2)c[c-]1.[Y].[Y].[Y].[Y]. The van der Waals surface area contributed by atoms with E-state index in [1.54, 1.807) is 24.3 Å². The summed E-state index contributed by atoms with van der Waals surface area (Å²) in [6.45, 7) is 0. The van der Waals surface area contributed by atoms with Gasteiger partial charge in [-0.25, -0.2) is 0 Å². The Morgan fingerprint density at radius 2 is 0.778 bits per heavy atom. The molecule has 0 saturated heterocycles. The predicted molar refractivity (Wildman–Crippen MR) is 50.6 cm³/mol. The molecule has 18 heavy (non-hydrogen) atoms. The first kappa shape index (κ1) is 25.4. The van der Waals surface area contributed by atoms with Crippen molar-refractivity contribution < 1.29 is 141 Å². The summed E-state index contributed by atoms with van der Waals surface area (Å²) in [5.41, 5.74) is 1.69. The van der Waals surface area contributed by atoms with Crippen LogP contribution in [0.3, 0.4) is 0 Å². The van der Waals surface area contributed by atoms with Crippen LogP contribution in [0.15, 0.2) is 24.3 Å². The summed E-state index contributed by atoms with van der Waals surface area (Å²) in [4.78, 5) is 0. The van der Waals surface area contributed by atoms with E-state index in [4.69, 9.17) is 10.2 Å². The van der Waals surface area contributed by atoms with E-state index in [1.165, 1.54) is 0 Å². The van der Waals surface area contributed by atoms with Gasteiger partial charge in [0.2, 0.25) is 0 Å². The number of hydrogen-bond acceptors (Lipinski definition) is 2. The summed E-state index contributed by atoms with van der Waals surface area (Å²) in [6.07, 6.45) is 0. The van der Waals surface area contributed by atoms with Crippen LogP contribution in [0.25, 0.3) is 11.1 Å². The number of hydrogen-bond donors (Lipinski definition) is 2. The van der Waals surface area contributed by atoms with Gasteiger partial charge in [0.15, 0.2) is 0 Å². The topological polar surface area (TPSA) is 40.5 Å². The molecule has 2 rings (SSSR count). The van der Waals surface area contributed by atoms with E-state index in [2.05, 4.69) is 24.3 Å². The summed E-state index contributed by atoms with van der Waals surface area (Å²) in [6, 6.07) is 17.0. The fraction of sp³-hybridized carbons (Fsp3) is 0. The van der Waals surface area contributed by atoms with Crippen LogP contribution in [0.4, 0.5) is 0 Å². The van der Waals surface area contributed by atoms with E-state index in [9.17, 15) is 0 Å². The number of aromatic hydroxyl groups is 2. The van der Waals surface area contributed by atoms with Gasteiger partial charge in [-0.2, -0.15) is 0 Å². The molecule has 0 bridgehead atoms. The van der Waals surface area contributed by atoms with Crippen molar-refractivity contribution >= 4 is 0 Å². The van der Waals surface area contributed by atoms with Gasteiger partial charge in [-0.3, -0.25) is 0 Å². The average Bonchev–Trinajstić information content (AvgIpc) is 2.21. The molecule has 0 aliphatic heterocycles. The molecule has 0 heterocycles. The molecule has 0 aliphatic carbocycles. The summed E-state index contributed by atoms with van der Waals surface area (Å²) in [5, 5.41) is 18.0. The van der Waals surface area contributed by atoms with Crippen LogP contribution in [0.1, 0.15) is 0 Å². The molecule has 2 nitrogen and oxygen atoms in total. The molecular formula is C12H6O2Y4-4. The normalized spacial score (nSPS) is 7.78. The third kappa shape index (κ3) is 8.03. The number of phenolic OH excluding ortho intramolecular Hbond substituents is 2. The van der Waals surface area contributed by atoms with Crippen molar-refractivity contribution in [3.05, 3.63) is 48.5 Å². The first-order valence-corrected chi connectivity index (χ1v) is 4.01. The van der Waals surface area contributed by atoms with Gasteiger partial charge in [0.25, 0.3) is 0 Å². The minimum atomic E-state index is -0.0134. The molecule has 0 atom stereocenters. The van der Waals surface area contributed by atoms with E-state index >= 15 is 0 Å². The molecule has 4 radical (unpaired) electrons. The molecule has 0 amide bonds. The van der Waals surface area contributed by atoms with Gasteiger partial charge in [0.05, 0.1) is 0 Å². The number of rotatable bonds is 1. The Hall–Kier alpha value is 2.46. The molecule has 82 valence electrons. The second-order valence-electron chi connectivity index (χ2n) is 2.76. The van der Waals surface area contributed by atoms with Crippen molar-refractivity contribution in [2.45, 2.75) is 0 Å². The Morgan fingerprint density at radius 3 is 1.00 bits per heavy atom. The van der Waals surface area contributed by atoms with Gasteiger partial charge in [0, 0.05) is 131 Å². The van der Waals surface area contributed by atoms with Crippen molar-refractivity contribution in [1.29, 1.82) is 0 Å². The zero-order valence-electron chi connectivity index (χ0n) is 9.51. The van der Waals surface area contributed by atoms with Crippen LogP contribution < -0.4 is 0 Å². The molecule has 2 N–H and O–H groups in total. The molecule has 0 saturated carbocycles. The van der Waals surface area contributed by atoms with Crippen molar-refractivity contribution in [2.24, 2.45) is 0 Å². The third-order valence-corrected chi connectivity index (χ3v) is 1.79. The maximum Gasteiger partial charge on any atom is 0 e. The van der Waals surface area contributed by atoms with Crippen LogP contribution in [-0.2, 0) is 131 Å². The summed E-state index contributed by atoms with van der Waals surface area (Å²) in [7, 11) is 0. The fourth-order valence-corrected chi connectivity index (χ4v) is 1.08. The Balaban J connectivity index is -0.000000562. The monoisotopic (exact) mass is 538 g/mol. The fourth-order valence-electron chi connectivity index (χ4n) is 1.08. The zero-order valence-corrected chi connectivity index (χ0v) is 20.9. The molecule has 0 fully saturated rings. The standard InChI is InChI=1S/C12H6O2.4Y/c13-11-5-1-9(2-6-11)10-3-7-12(14)8-4-10;;;;/h1-4,13-14H;;;;/q-4;;;;. The predicted octanol–water partition coefficient (Wildman–Crippen LogP) is 1.96. The molecule has 0 aromatic heterocycles. The van der Waals surface area contributed by atoms with Crippen LogP contribution in [-0.4, -0.2) is 10.2 Å². The molecule has 0 aliphatic rings. The maximum atomic E-state index is 8.98. The maximum absolute atomic E-state index is 8.98. The van der Waals surface area contributed by atoms with Crippen LogP contribution in [0, 0.1) is 24.3 Å². The summed E-state index contributed by atoms with van der Waals surface area (Å²) >= 11 is 0. The van der Waals surface area contributed by atoms with Gasteiger partial charge in [0.1, 0.15) is 0 Å². The van der Waals surface area contributed by atoms with Gasteiger partial charge in [-0.1, -0.05) is 0 Å². The minimum Gasteiger partial charge on any atom is -0.559 e. The van der Waals surface area contributed by atoms with Gasteiger partial charge < -0.3 is 69.9 Å². The van der Waals surface area contributed by atoms with E-state index in [0.29, 0.717) is 0 Å². The Kier molecular flexibility index (Phi) is 18.6. The number of phenols is 2. The van der Waals surface area contributed by atoms with E-state index < -0.39 is 0 Å². The molecule has 2 aromatic carbocycles. The van der Waals surface area contributed by atoms with Gasteiger partial charge >= 0.3 is 0 Å². The average molecular weight is 538 g/mol. The Bertz CT molecular complexity index is 385. The second-order valence-corrected chi connectivity index (χ2v) is 2.76. The first-order chi connectivity index (χ1) is 6.75. The number of benzene rings is 2. The van der Waals surface area contributed by atoms with Crippen molar-refractivity contribution in [1.82, 2.24) is 0 Å². The van der Waals surface area contributed by atoms with E-state index in [0.717, 1.165) is 11.1 Å². The molecule has 6 heteroatoms. The van der Waals surface area contributed by atoms with Gasteiger partial charge in [-0.15, -0.1) is 11.5 Å².